The van der Waals surface area contributed by atoms with Crippen molar-refractivity contribution in [1.29, 1.82) is 0 Å². The molecule has 2 atom stereocenters. The second-order valence-electron chi connectivity index (χ2n) is 6.86. The molecule has 2 aromatic rings. The number of pyridine rings is 1. The second-order valence-corrected chi connectivity index (χ2v) is 6.86. The minimum absolute atomic E-state index is 0.0728. The van der Waals surface area contributed by atoms with Crippen LogP contribution in [0.1, 0.15) is 29.2 Å². The molecular formula is C20H20N4O2. The smallest absolute Gasteiger partial charge is 0.267 e. The van der Waals surface area contributed by atoms with Gasteiger partial charge in [-0.2, -0.15) is 0 Å². The molecule has 2 N–H and O–H groups in total. The average molecular weight is 348 g/mol. The van der Waals surface area contributed by atoms with Gasteiger partial charge in [-0.1, -0.05) is 6.07 Å². The second kappa shape index (κ2) is 5.85. The van der Waals surface area contributed by atoms with Crippen molar-refractivity contribution in [2.24, 2.45) is 0 Å². The predicted molar refractivity (Wildman–Crippen MR) is 97.0 cm³/mol. The number of fused-ring (bicyclic) bond motifs is 3. The lowest BCUT2D eigenvalue weighted by atomic mass is 9.86. The molecule has 3 aliphatic rings. The largest absolute Gasteiger partial charge is 0.497 e. The van der Waals surface area contributed by atoms with E-state index in [0.29, 0.717) is 6.54 Å². The van der Waals surface area contributed by atoms with Crippen molar-refractivity contribution in [2.45, 2.75) is 24.9 Å². The molecule has 0 radical (unpaired) electrons. The van der Waals surface area contributed by atoms with Crippen LogP contribution in [0.2, 0.25) is 0 Å². The quantitative estimate of drug-likeness (QED) is 0.866. The van der Waals surface area contributed by atoms with Crippen molar-refractivity contribution in [2.75, 3.05) is 13.7 Å². The standard InChI is InChI=1S/C20H20N4O2/c1-26-13-6-8-14-12(10-13)5-7-15-18(14)23-19-16(11-22-24(19)20(15)25)17-4-2-3-9-21-17/h2-4,6,8-10,16,19,22-23H,5,7,11H2,1H3. The number of nitrogens with zero attached hydrogens (tertiary/aromatic N) is 2. The van der Waals surface area contributed by atoms with Crippen LogP contribution in [0.4, 0.5) is 0 Å². The number of hydrogen-bond donors (Lipinski definition) is 2. The Hall–Kier alpha value is -2.86. The molecule has 6 heteroatoms. The number of carbonyl (C=O) groups is 1. The van der Waals surface area contributed by atoms with Crippen LogP contribution in [-0.2, 0) is 11.2 Å². The number of aryl methyl sites for hydroxylation is 1. The summed E-state index contributed by atoms with van der Waals surface area (Å²) < 4.78 is 5.35. The highest BCUT2D eigenvalue weighted by atomic mass is 16.5. The Labute approximate surface area is 151 Å². The summed E-state index contributed by atoms with van der Waals surface area (Å²) in [4.78, 5) is 17.6. The molecule has 2 unspecified atom stereocenters. The Balaban J connectivity index is 1.55. The maximum Gasteiger partial charge on any atom is 0.267 e. The first kappa shape index (κ1) is 15.4. The van der Waals surface area contributed by atoms with E-state index in [1.807, 2.05) is 24.3 Å². The van der Waals surface area contributed by atoms with E-state index >= 15 is 0 Å². The Morgan fingerprint density at radius 1 is 1.23 bits per heavy atom. The van der Waals surface area contributed by atoms with Gasteiger partial charge in [0.1, 0.15) is 11.9 Å². The van der Waals surface area contributed by atoms with Gasteiger partial charge in [0.25, 0.3) is 5.91 Å². The van der Waals surface area contributed by atoms with Gasteiger partial charge >= 0.3 is 0 Å². The Kier molecular flexibility index (Phi) is 3.46. The molecule has 1 fully saturated rings. The van der Waals surface area contributed by atoms with Crippen molar-refractivity contribution in [1.82, 2.24) is 20.7 Å². The lowest BCUT2D eigenvalue weighted by Crippen LogP contribution is -2.54. The number of aromatic nitrogens is 1. The SMILES string of the molecule is COc1ccc2c(c1)CCC1=C2NC2C(c3ccccn3)CNN2C1=O. The van der Waals surface area contributed by atoms with Gasteiger partial charge in [-0.15, -0.1) is 0 Å². The van der Waals surface area contributed by atoms with Crippen LogP contribution in [0.5, 0.6) is 5.75 Å². The molecule has 0 bridgehead atoms. The van der Waals surface area contributed by atoms with E-state index in [4.69, 9.17) is 4.74 Å². The summed E-state index contributed by atoms with van der Waals surface area (Å²) in [6.45, 7) is 0.691. The fraction of sp³-hybridized carbons (Fsp3) is 0.300. The third-order valence-corrected chi connectivity index (χ3v) is 5.51. The van der Waals surface area contributed by atoms with Crippen molar-refractivity contribution in [3.05, 3.63) is 65.0 Å². The number of hydrazine groups is 1. The molecule has 5 rings (SSSR count). The number of hydrogen-bond acceptors (Lipinski definition) is 5. The highest BCUT2D eigenvalue weighted by Crippen LogP contribution is 2.38. The Morgan fingerprint density at radius 3 is 2.96 bits per heavy atom. The number of methoxy groups -OCH3 is 1. The van der Waals surface area contributed by atoms with E-state index in [0.717, 1.165) is 41.1 Å². The zero-order chi connectivity index (χ0) is 17.7. The average Bonchev–Trinajstić information content (AvgIpc) is 3.12. The van der Waals surface area contributed by atoms with Gasteiger partial charge in [-0.25, -0.2) is 5.43 Å². The van der Waals surface area contributed by atoms with Crippen LogP contribution >= 0.6 is 0 Å². The molecule has 1 saturated heterocycles. The Bertz CT molecular complexity index is 909. The summed E-state index contributed by atoms with van der Waals surface area (Å²) in [6, 6.07) is 12.0. The monoisotopic (exact) mass is 348 g/mol. The van der Waals surface area contributed by atoms with Gasteiger partial charge in [0.2, 0.25) is 0 Å². The lowest BCUT2D eigenvalue weighted by Gasteiger charge is -2.38. The van der Waals surface area contributed by atoms with E-state index in [2.05, 4.69) is 27.9 Å². The molecule has 1 aromatic heterocycles. The number of amides is 1. The van der Waals surface area contributed by atoms with Gasteiger partial charge in [-0.3, -0.25) is 14.8 Å². The number of rotatable bonds is 2. The van der Waals surface area contributed by atoms with E-state index < -0.39 is 0 Å². The maximum absolute atomic E-state index is 13.1. The van der Waals surface area contributed by atoms with Crippen molar-refractivity contribution < 1.29 is 9.53 Å². The first-order valence-corrected chi connectivity index (χ1v) is 8.91. The lowest BCUT2D eigenvalue weighted by molar-refractivity contribution is -0.132. The minimum atomic E-state index is -0.135. The molecule has 26 heavy (non-hydrogen) atoms. The normalized spacial score (nSPS) is 23.9. The van der Waals surface area contributed by atoms with Crippen LogP contribution in [0.3, 0.4) is 0 Å². The van der Waals surface area contributed by atoms with Gasteiger partial charge in [0.05, 0.1) is 18.7 Å². The fourth-order valence-electron chi connectivity index (χ4n) is 4.18. The topological polar surface area (TPSA) is 66.5 Å². The first-order valence-electron chi connectivity index (χ1n) is 8.91. The van der Waals surface area contributed by atoms with Crippen LogP contribution in [-0.4, -0.2) is 35.7 Å². The number of carbonyl (C=O) groups excluding carboxylic acids is 1. The van der Waals surface area contributed by atoms with Crippen LogP contribution in [0.15, 0.2) is 48.2 Å². The molecule has 1 amide bonds. The van der Waals surface area contributed by atoms with Gasteiger partial charge in [-0.05, 0) is 48.7 Å². The predicted octanol–water partition coefficient (Wildman–Crippen LogP) is 1.81. The van der Waals surface area contributed by atoms with Crippen LogP contribution in [0, 0.1) is 0 Å². The molecule has 1 aliphatic carbocycles. The molecule has 0 spiro atoms. The zero-order valence-electron chi connectivity index (χ0n) is 14.5. The molecule has 2 aliphatic heterocycles. The maximum atomic E-state index is 13.1. The fourth-order valence-corrected chi connectivity index (χ4v) is 4.18. The molecule has 1 aromatic carbocycles. The molecule has 3 heterocycles. The molecule has 6 nitrogen and oxygen atoms in total. The summed E-state index contributed by atoms with van der Waals surface area (Å²) >= 11 is 0. The minimum Gasteiger partial charge on any atom is -0.497 e. The third kappa shape index (κ3) is 2.22. The summed E-state index contributed by atoms with van der Waals surface area (Å²) in [5, 5.41) is 5.37. The molecular weight excluding hydrogens is 328 g/mol. The highest BCUT2D eigenvalue weighted by Gasteiger charge is 2.45. The Morgan fingerprint density at radius 2 is 2.15 bits per heavy atom. The van der Waals surface area contributed by atoms with Gasteiger partial charge in [0.15, 0.2) is 0 Å². The molecule has 0 saturated carbocycles. The van der Waals surface area contributed by atoms with Crippen molar-refractivity contribution in [3.63, 3.8) is 0 Å². The highest BCUT2D eigenvalue weighted by molar-refractivity contribution is 6.03. The van der Waals surface area contributed by atoms with E-state index in [1.165, 1.54) is 5.56 Å². The summed E-state index contributed by atoms with van der Waals surface area (Å²) in [5.74, 6) is 1.03. The zero-order valence-corrected chi connectivity index (χ0v) is 14.5. The summed E-state index contributed by atoms with van der Waals surface area (Å²) in [6.07, 6.45) is 3.25. The first-order chi connectivity index (χ1) is 12.8. The van der Waals surface area contributed by atoms with Gasteiger partial charge < -0.3 is 10.1 Å². The third-order valence-electron chi connectivity index (χ3n) is 5.51. The van der Waals surface area contributed by atoms with E-state index in [-0.39, 0.29) is 18.0 Å². The van der Waals surface area contributed by atoms with E-state index in [1.54, 1.807) is 18.3 Å². The van der Waals surface area contributed by atoms with E-state index in [9.17, 15) is 4.79 Å². The van der Waals surface area contributed by atoms with Crippen molar-refractivity contribution in [3.8, 4) is 5.75 Å². The summed E-state index contributed by atoms with van der Waals surface area (Å²) in [7, 11) is 1.68. The van der Waals surface area contributed by atoms with Crippen LogP contribution < -0.4 is 15.5 Å². The summed E-state index contributed by atoms with van der Waals surface area (Å²) in [5.41, 5.74) is 8.39. The number of benzene rings is 1. The molecule has 132 valence electrons. The van der Waals surface area contributed by atoms with Gasteiger partial charge in [0, 0.05) is 29.6 Å². The van der Waals surface area contributed by atoms with Crippen LogP contribution in [0.25, 0.3) is 5.70 Å². The number of ether oxygens (including phenoxy) is 1. The number of nitrogens with one attached hydrogen (secondary N) is 2. The van der Waals surface area contributed by atoms with Crippen molar-refractivity contribution >= 4 is 11.6 Å².